The van der Waals surface area contributed by atoms with Crippen molar-refractivity contribution in [2.75, 3.05) is 18.4 Å². The van der Waals surface area contributed by atoms with E-state index in [1.165, 1.54) is 4.31 Å². The van der Waals surface area contributed by atoms with Gasteiger partial charge in [-0.05, 0) is 38.5 Å². The highest BCUT2D eigenvalue weighted by Gasteiger charge is 2.24. The van der Waals surface area contributed by atoms with Crippen molar-refractivity contribution < 1.29 is 8.42 Å². The first-order valence-corrected chi connectivity index (χ1v) is 11.2. The van der Waals surface area contributed by atoms with Gasteiger partial charge in [0, 0.05) is 18.8 Å². The molecule has 7 nitrogen and oxygen atoms in total. The van der Waals surface area contributed by atoms with Gasteiger partial charge < -0.3 is 5.32 Å². The second-order valence-electron chi connectivity index (χ2n) is 6.38. The van der Waals surface area contributed by atoms with Crippen molar-refractivity contribution in [1.29, 1.82) is 0 Å². The Morgan fingerprint density at radius 2 is 1.89 bits per heavy atom. The summed E-state index contributed by atoms with van der Waals surface area (Å²) in [6, 6.07) is 5.45. The molecule has 27 heavy (non-hydrogen) atoms. The normalized spacial score (nSPS) is 12.2. The van der Waals surface area contributed by atoms with Crippen molar-refractivity contribution in [2.24, 2.45) is 0 Å². The Morgan fingerprint density at radius 3 is 2.56 bits per heavy atom. The number of aromatic nitrogens is 3. The van der Waals surface area contributed by atoms with Crippen LogP contribution >= 0.6 is 11.3 Å². The van der Waals surface area contributed by atoms with Crippen LogP contribution in [0.25, 0.3) is 4.96 Å². The summed E-state index contributed by atoms with van der Waals surface area (Å²) in [6.07, 6.45) is 0. The lowest BCUT2D eigenvalue weighted by molar-refractivity contribution is 0.445. The lowest BCUT2D eigenvalue weighted by Gasteiger charge is -2.20. The molecule has 1 aromatic carbocycles. The third kappa shape index (κ3) is 3.71. The van der Waals surface area contributed by atoms with Gasteiger partial charge in [-0.1, -0.05) is 31.3 Å². The minimum atomic E-state index is -3.50. The minimum absolute atomic E-state index is 0.343. The van der Waals surface area contributed by atoms with Crippen LogP contribution in [0.1, 0.15) is 35.8 Å². The summed E-state index contributed by atoms with van der Waals surface area (Å²) < 4.78 is 29.1. The van der Waals surface area contributed by atoms with Gasteiger partial charge in [0.1, 0.15) is 5.01 Å². The molecule has 0 fully saturated rings. The highest BCUT2D eigenvalue weighted by Crippen LogP contribution is 2.25. The standard InChI is InChI=1S/C18H25N5O2S2/c1-6-22(7-2)27(24,25)17-10-15(9-8-12(17)3)19-11-16-13(4)20-18-23(16)21-14(5)26-18/h8-10,19H,6-7,11H2,1-5H3. The molecule has 3 aromatic rings. The van der Waals surface area contributed by atoms with Crippen LogP contribution in [0.3, 0.4) is 0 Å². The first kappa shape index (κ1) is 19.8. The smallest absolute Gasteiger partial charge is 0.243 e. The average Bonchev–Trinajstić information content (AvgIpc) is 3.09. The quantitative estimate of drug-likeness (QED) is 0.650. The highest BCUT2D eigenvalue weighted by molar-refractivity contribution is 7.89. The van der Waals surface area contributed by atoms with E-state index in [1.807, 2.05) is 51.3 Å². The van der Waals surface area contributed by atoms with Gasteiger partial charge in [-0.3, -0.25) is 0 Å². The zero-order valence-electron chi connectivity index (χ0n) is 16.3. The third-order valence-corrected chi connectivity index (χ3v) is 7.58. The number of benzene rings is 1. The van der Waals surface area contributed by atoms with Gasteiger partial charge in [-0.15, -0.1) is 0 Å². The Kier molecular flexibility index (Phi) is 5.55. The number of fused-ring (bicyclic) bond motifs is 1. The molecular formula is C18H25N5O2S2. The topological polar surface area (TPSA) is 79.6 Å². The number of aryl methyl sites for hydroxylation is 3. The molecule has 0 aliphatic carbocycles. The molecule has 146 valence electrons. The van der Waals surface area contributed by atoms with Gasteiger partial charge in [0.2, 0.25) is 15.0 Å². The SMILES string of the molecule is CCN(CC)S(=O)(=O)c1cc(NCc2c(C)nc3sc(C)nn23)ccc1C. The zero-order valence-corrected chi connectivity index (χ0v) is 17.9. The van der Waals surface area contributed by atoms with E-state index in [9.17, 15) is 8.42 Å². The maximum Gasteiger partial charge on any atom is 0.243 e. The monoisotopic (exact) mass is 407 g/mol. The van der Waals surface area contributed by atoms with Gasteiger partial charge in [-0.25, -0.2) is 17.9 Å². The molecule has 0 amide bonds. The van der Waals surface area contributed by atoms with Crippen molar-refractivity contribution in [3.8, 4) is 0 Å². The van der Waals surface area contributed by atoms with Gasteiger partial charge in [0.25, 0.3) is 0 Å². The molecule has 0 saturated heterocycles. The minimum Gasteiger partial charge on any atom is -0.379 e. The molecule has 2 heterocycles. The van der Waals surface area contributed by atoms with Gasteiger partial charge >= 0.3 is 0 Å². The maximum atomic E-state index is 12.9. The highest BCUT2D eigenvalue weighted by atomic mass is 32.2. The summed E-state index contributed by atoms with van der Waals surface area (Å²) in [5.41, 5.74) is 3.39. The number of hydrogen-bond donors (Lipinski definition) is 1. The van der Waals surface area contributed by atoms with Crippen molar-refractivity contribution in [3.63, 3.8) is 0 Å². The Bertz CT molecular complexity index is 1070. The largest absolute Gasteiger partial charge is 0.379 e. The Morgan fingerprint density at radius 1 is 1.19 bits per heavy atom. The molecule has 0 atom stereocenters. The lowest BCUT2D eigenvalue weighted by atomic mass is 10.2. The van der Waals surface area contributed by atoms with Crippen molar-refractivity contribution in [1.82, 2.24) is 18.9 Å². The van der Waals surface area contributed by atoms with E-state index in [0.29, 0.717) is 24.5 Å². The van der Waals surface area contributed by atoms with E-state index in [0.717, 1.165) is 32.6 Å². The summed E-state index contributed by atoms with van der Waals surface area (Å²) in [5.74, 6) is 0. The van der Waals surface area contributed by atoms with Crippen LogP contribution < -0.4 is 5.32 Å². The second kappa shape index (κ2) is 7.57. The van der Waals surface area contributed by atoms with Crippen LogP contribution in [0.4, 0.5) is 5.69 Å². The summed E-state index contributed by atoms with van der Waals surface area (Å²) in [5, 5.41) is 8.78. The van der Waals surface area contributed by atoms with E-state index >= 15 is 0 Å². The number of nitrogens with one attached hydrogen (secondary N) is 1. The van der Waals surface area contributed by atoms with Crippen LogP contribution in [0.5, 0.6) is 0 Å². The molecule has 0 spiro atoms. The number of rotatable bonds is 7. The fraction of sp³-hybridized carbons (Fsp3) is 0.444. The predicted molar refractivity (Wildman–Crippen MR) is 109 cm³/mol. The van der Waals surface area contributed by atoms with Gasteiger partial charge in [0.15, 0.2) is 0 Å². The summed E-state index contributed by atoms with van der Waals surface area (Å²) in [7, 11) is -3.50. The van der Waals surface area contributed by atoms with E-state index in [-0.39, 0.29) is 0 Å². The fourth-order valence-electron chi connectivity index (χ4n) is 3.07. The molecule has 3 rings (SSSR count). The molecule has 0 unspecified atom stereocenters. The number of nitrogens with zero attached hydrogens (tertiary/aromatic N) is 4. The van der Waals surface area contributed by atoms with Crippen LogP contribution in [0.2, 0.25) is 0 Å². The number of sulfonamides is 1. The molecule has 9 heteroatoms. The van der Waals surface area contributed by atoms with Crippen LogP contribution in [0.15, 0.2) is 23.1 Å². The number of imidazole rings is 1. The summed E-state index contributed by atoms with van der Waals surface area (Å²) in [4.78, 5) is 5.75. The average molecular weight is 408 g/mol. The molecule has 0 saturated carbocycles. The third-order valence-electron chi connectivity index (χ3n) is 4.57. The number of hydrogen-bond acceptors (Lipinski definition) is 6. The van der Waals surface area contributed by atoms with E-state index < -0.39 is 10.0 Å². The van der Waals surface area contributed by atoms with Crippen LogP contribution in [-0.2, 0) is 16.6 Å². The summed E-state index contributed by atoms with van der Waals surface area (Å²) in [6.45, 7) is 10.9. The predicted octanol–water partition coefficient (Wildman–Crippen LogP) is 3.36. The second-order valence-corrected chi connectivity index (χ2v) is 9.45. The Labute approximate surface area is 164 Å². The van der Waals surface area contributed by atoms with Gasteiger partial charge in [-0.2, -0.15) is 9.40 Å². The zero-order chi connectivity index (χ0) is 19.8. The maximum absolute atomic E-state index is 12.9. The molecule has 2 aromatic heterocycles. The van der Waals surface area contributed by atoms with Crippen molar-refractivity contribution >= 4 is 32.0 Å². The van der Waals surface area contributed by atoms with E-state index in [2.05, 4.69) is 15.4 Å². The summed E-state index contributed by atoms with van der Waals surface area (Å²) >= 11 is 1.55. The Balaban J connectivity index is 1.89. The van der Waals surface area contributed by atoms with Gasteiger partial charge in [0.05, 0.1) is 22.8 Å². The Hall–Kier alpha value is -1.97. The molecule has 0 bridgehead atoms. The fourth-order valence-corrected chi connectivity index (χ4v) is 5.58. The van der Waals surface area contributed by atoms with E-state index in [1.54, 1.807) is 17.4 Å². The van der Waals surface area contributed by atoms with Crippen LogP contribution in [-0.4, -0.2) is 40.4 Å². The molecule has 0 radical (unpaired) electrons. The molecular weight excluding hydrogens is 382 g/mol. The van der Waals surface area contributed by atoms with Crippen molar-refractivity contribution in [3.05, 3.63) is 40.2 Å². The van der Waals surface area contributed by atoms with Crippen molar-refractivity contribution in [2.45, 2.75) is 46.1 Å². The van der Waals surface area contributed by atoms with E-state index in [4.69, 9.17) is 0 Å². The first-order valence-electron chi connectivity index (χ1n) is 8.94. The first-order chi connectivity index (χ1) is 12.8. The molecule has 0 aliphatic heterocycles. The van der Waals surface area contributed by atoms with Crippen LogP contribution in [0, 0.1) is 20.8 Å². The lowest BCUT2D eigenvalue weighted by Crippen LogP contribution is -2.31. The molecule has 0 aliphatic rings. The molecule has 1 N–H and O–H groups in total. The number of anilines is 1.